The molecule has 0 aliphatic heterocycles. The van der Waals surface area contributed by atoms with E-state index in [9.17, 15) is 0 Å². The molecule has 0 bridgehead atoms. The van der Waals surface area contributed by atoms with Gasteiger partial charge < -0.3 is 5.32 Å². The van der Waals surface area contributed by atoms with E-state index in [1.165, 1.54) is 36.3 Å². The maximum absolute atomic E-state index is 4.56. The van der Waals surface area contributed by atoms with Gasteiger partial charge in [-0.05, 0) is 55.4 Å². The van der Waals surface area contributed by atoms with Crippen molar-refractivity contribution in [3.8, 4) is 0 Å². The molecule has 1 N–H and O–H groups in total. The van der Waals surface area contributed by atoms with E-state index in [0.29, 0.717) is 6.04 Å². The number of thioether (sulfide) groups is 1. The fourth-order valence-electron chi connectivity index (χ4n) is 2.49. The molecule has 1 aliphatic rings. The lowest BCUT2D eigenvalue weighted by atomic mass is 9.91. The zero-order valence-corrected chi connectivity index (χ0v) is 11.6. The molecule has 2 rings (SSSR count). The largest absolute Gasteiger partial charge is 0.308 e. The highest BCUT2D eigenvalue weighted by molar-refractivity contribution is 7.98. The highest BCUT2D eigenvalue weighted by Crippen LogP contribution is 2.27. The van der Waals surface area contributed by atoms with Crippen molar-refractivity contribution in [2.45, 2.75) is 32.2 Å². The lowest BCUT2D eigenvalue weighted by molar-refractivity contribution is 0.420. The molecule has 0 aromatic carbocycles. The second kappa shape index (κ2) is 6.41. The Morgan fingerprint density at radius 3 is 3.29 bits per heavy atom. The Balaban J connectivity index is 1.94. The van der Waals surface area contributed by atoms with Crippen LogP contribution in [-0.4, -0.2) is 23.5 Å². The number of nitrogens with one attached hydrogen (secondary N) is 1. The first-order valence-electron chi connectivity index (χ1n) is 6.47. The first kappa shape index (κ1) is 12.9. The Bertz CT molecular complexity index is 354. The standard InChI is InChI=1S/C14H22N2S/c1-11(10-17-2)9-16-13-7-3-5-12-6-4-8-15-14(12)13/h4,6,8,11,13,16H,3,5,7,9-10H2,1-2H3. The summed E-state index contributed by atoms with van der Waals surface area (Å²) in [6.45, 7) is 3.41. The molecule has 0 saturated carbocycles. The SMILES string of the molecule is CSCC(C)CNC1CCCc2cccnc21. The first-order chi connectivity index (χ1) is 8.31. The average molecular weight is 250 g/mol. The first-order valence-corrected chi connectivity index (χ1v) is 7.86. The molecule has 2 unspecified atom stereocenters. The summed E-state index contributed by atoms with van der Waals surface area (Å²) >= 11 is 1.93. The number of nitrogens with zero attached hydrogens (tertiary/aromatic N) is 1. The van der Waals surface area contributed by atoms with Gasteiger partial charge in [-0.25, -0.2) is 0 Å². The third-order valence-electron chi connectivity index (χ3n) is 3.36. The van der Waals surface area contributed by atoms with Crippen LogP contribution in [-0.2, 0) is 6.42 Å². The van der Waals surface area contributed by atoms with Gasteiger partial charge in [-0.1, -0.05) is 13.0 Å². The number of hydrogen-bond donors (Lipinski definition) is 1. The monoisotopic (exact) mass is 250 g/mol. The quantitative estimate of drug-likeness (QED) is 0.869. The fourth-order valence-corrected chi connectivity index (χ4v) is 3.18. The van der Waals surface area contributed by atoms with Crippen molar-refractivity contribution in [2.24, 2.45) is 5.92 Å². The summed E-state index contributed by atoms with van der Waals surface area (Å²) in [5.74, 6) is 1.97. The van der Waals surface area contributed by atoms with E-state index in [0.717, 1.165) is 12.5 Å². The summed E-state index contributed by atoms with van der Waals surface area (Å²) in [5, 5.41) is 3.69. The van der Waals surface area contributed by atoms with Crippen molar-refractivity contribution in [3.63, 3.8) is 0 Å². The molecule has 1 aromatic rings. The Kier molecular flexibility index (Phi) is 4.86. The second-order valence-corrected chi connectivity index (χ2v) is 5.87. The number of aryl methyl sites for hydroxylation is 1. The minimum Gasteiger partial charge on any atom is -0.308 e. The summed E-state index contributed by atoms with van der Waals surface area (Å²) in [4.78, 5) is 4.56. The third kappa shape index (κ3) is 3.46. The van der Waals surface area contributed by atoms with E-state index in [2.05, 4.69) is 35.6 Å². The molecule has 1 heterocycles. The van der Waals surface area contributed by atoms with Crippen LogP contribution in [0.3, 0.4) is 0 Å². The highest BCUT2D eigenvalue weighted by Gasteiger charge is 2.20. The number of aromatic nitrogens is 1. The minimum absolute atomic E-state index is 0.476. The zero-order valence-electron chi connectivity index (χ0n) is 10.8. The fraction of sp³-hybridized carbons (Fsp3) is 0.643. The van der Waals surface area contributed by atoms with Gasteiger partial charge in [0.2, 0.25) is 0 Å². The molecule has 17 heavy (non-hydrogen) atoms. The van der Waals surface area contributed by atoms with Crippen LogP contribution in [0.4, 0.5) is 0 Å². The topological polar surface area (TPSA) is 24.9 Å². The summed E-state index contributed by atoms with van der Waals surface area (Å²) in [5.41, 5.74) is 2.73. The van der Waals surface area contributed by atoms with Crippen LogP contribution >= 0.6 is 11.8 Å². The van der Waals surface area contributed by atoms with Gasteiger partial charge in [0, 0.05) is 12.2 Å². The lowest BCUT2D eigenvalue weighted by Gasteiger charge is -2.26. The van der Waals surface area contributed by atoms with Crippen LogP contribution in [0, 0.1) is 5.92 Å². The minimum atomic E-state index is 0.476. The van der Waals surface area contributed by atoms with E-state index >= 15 is 0 Å². The van der Waals surface area contributed by atoms with Gasteiger partial charge in [0.1, 0.15) is 0 Å². The van der Waals surface area contributed by atoms with E-state index in [4.69, 9.17) is 0 Å². The van der Waals surface area contributed by atoms with Crippen LogP contribution in [0.2, 0.25) is 0 Å². The van der Waals surface area contributed by atoms with E-state index in [1.807, 2.05) is 18.0 Å². The maximum Gasteiger partial charge on any atom is 0.0605 e. The van der Waals surface area contributed by atoms with Crippen molar-refractivity contribution in [1.82, 2.24) is 10.3 Å². The molecule has 2 atom stereocenters. The van der Waals surface area contributed by atoms with Crippen molar-refractivity contribution in [3.05, 3.63) is 29.6 Å². The molecule has 0 fully saturated rings. The Labute approximate surface area is 109 Å². The third-order valence-corrected chi connectivity index (χ3v) is 4.26. The van der Waals surface area contributed by atoms with Gasteiger partial charge in [-0.3, -0.25) is 4.98 Å². The number of hydrogen-bond acceptors (Lipinski definition) is 3. The molecular formula is C14H22N2S. The van der Waals surface area contributed by atoms with Crippen molar-refractivity contribution in [1.29, 1.82) is 0 Å². The molecule has 1 aromatic heterocycles. The van der Waals surface area contributed by atoms with Crippen LogP contribution in [0.15, 0.2) is 18.3 Å². The van der Waals surface area contributed by atoms with E-state index in [-0.39, 0.29) is 0 Å². The lowest BCUT2D eigenvalue weighted by Crippen LogP contribution is -2.30. The van der Waals surface area contributed by atoms with Crippen LogP contribution < -0.4 is 5.32 Å². The molecule has 3 heteroatoms. The van der Waals surface area contributed by atoms with Crippen molar-refractivity contribution in [2.75, 3.05) is 18.6 Å². The summed E-state index contributed by atoms with van der Waals surface area (Å²) in [7, 11) is 0. The van der Waals surface area contributed by atoms with Crippen molar-refractivity contribution < 1.29 is 0 Å². The zero-order chi connectivity index (χ0) is 12.1. The van der Waals surface area contributed by atoms with Crippen molar-refractivity contribution >= 4 is 11.8 Å². The van der Waals surface area contributed by atoms with Crippen LogP contribution in [0.1, 0.15) is 37.1 Å². The number of rotatable bonds is 5. The van der Waals surface area contributed by atoms with E-state index < -0.39 is 0 Å². The van der Waals surface area contributed by atoms with Gasteiger partial charge in [-0.2, -0.15) is 11.8 Å². The number of fused-ring (bicyclic) bond motifs is 1. The summed E-state index contributed by atoms with van der Waals surface area (Å²) in [6, 6.07) is 4.75. The summed E-state index contributed by atoms with van der Waals surface area (Å²) in [6.07, 6.45) is 7.81. The van der Waals surface area contributed by atoms with Gasteiger partial charge in [-0.15, -0.1) is 0 Å². The molecular weight excluding hydrogens is 228 g/mol. The predicted molar refractivity (Wildman–Crippen MR) is 75.5 cm³/mol. The molecule has 94 valence electrons. The van der Waals surface area contributed by atoms with E-state index in [1.54, 1.807) is 0 Å². The normalized spacial score (nSPS) is 20.9. The van der Waals surface area contributed by atoms with Gasteiger partial charge in [0.25, 0.3) is 0 Å². The molecule has 1 aliphatic carbocycles. The highest BCUT2D eigenvalue weighted by atomic mass is 32.2. The van der Waals surface area contributed by atoms with Crippen LogP contribution in [0.25, 0.3) is 0 Å². The maximum atomic E-state index is 4.56. The van der Waals surface area contributed by atoms with Gasteiger partial charge in [0.15, 0.2) is 0 Å². The Hall–Kier alpha value is -0.540. The predicted octanol–water partition coefficient (Wildman–Crippen LogP) is 3.05. The Morgan fingerprint density at radius 2 is 2.47 bits per heavy atom. The smallest absolute Gasteiger partial charge is 0.0605 e. The molecule has 0 radical (unpaired) electrons. The summed E-state index contributed by atoms with van der Waals surface area (Å²) < 4.78 is 0. The van der Waals surface area contributed by atoms with Gasteiger partial charge >= 0.3 is 0 Å². The Morgan fingerprint density at radius 1 is 1.59 bits per heavy atom. The molecule has 0 saturated heterocycles. The average Bonchev–Trinajstić information content (AvgIpc) is 2.36. The van der Waals surface area contributed by atoms with Crippen LogP contribution in [0.5, 0.6) is 0 Å². The molecule has 2 nitrogen and oxygen atoms in total. The molecule has 0 amide bonds. The molecule has 0 spiro atoms. The second-order valence-electron chi connectivity index (χ2n) is 4.96. The van der Waals surface area contributed by atoms with Gasteiger partial charge in [0.05, 0.1) is 5.69 Å². The number of pyridine rings is 1.